The van der Waals surface area contributed by atoms with Crippen LogP contribution in [0.25, 0.3) is 44.1 Å². The molecule has 138 valence electrons. The number of carbonyl (C=O) groups is 1. The van der Waals surface area contributed by atoms with Gasteiger partial charge in [0.25, 0.3) is 5.24 Å². The molecule has 0 aliphatic carbocycles. The Bertz CT molecular complexity index is 1370. The molecular weight excluding hydrogens is 380 g/mol. The predicted molar refractivity (Wildman–Crippen MR) is 118 cm³/mol. The SMILES string of the molecule is O=C(Cl)c1cc(-c2ccccc2)c2ccc3c(-c4ccccc4)ccnc3c2n1. The van der Waals surface area contributed by atoms with Crippen molar-refractivity contribution < 1.29 is 4.79 Å². The Labute approximate surface area is 172 Å². The quantitative estimate of drug-likeness (QED) is 0.259. The minimum atomic E-state index is -0.583. The first-order chi connectivity index (χ1) is 14.2. The maximum absolute atomic E-state index is 12.0. The van der Waals surface area contributed by atoms with E-state index in [1.807, 2.05) is 60.7 Å². The molecule has 0 N–H and O–H groups in total. The summed E-state index contributed by atoms with van der Waals surface area (Å²) in [6.45, 7) is 0. The molecule has 0 saturated heterocycles. The van der Waals surface area contributed by atoms with Crippen molar-refractivity contribution in [1.29, 1.82) is 0 Å². The molecule has 5 aromatic rings. The van der Waals surface area contributed by atoms with Gasteiger partial charge in [-0.15, -0.1) is 0 Å². The summed E-state index contributed by atoms with van der Waals surface area (Å²) in [7, 11) is 0. The lowest BCUT2D eigenvalue weighted by Gasteiger charge is -2.12. The summed E-state index contributed by atoms with van der Waals surface area (Å²) in [4.78, 5) is 21.2. The van der Waals surface area contributed by atoms with Crippen LogP contribution < -0.4 is 0 Å². The molecule has 4 heteroatoms. The molecule has 0 amide bonds. The highest BCUT2D eigenvalue weighted by Crippen LogP contribution is 2.35. The Morgan fingerprint density at radius 3 is 1.90 bits per heavy atom. The zero-order valence-corrected chi connectivity index (χ0v) is 16.1. The van der Waals surface area contributed by atoms with Crippen LogP contribution in [0.4, 0.5) is 0 Å². The van der Waals surface area contributed by atoms with Crippen molar-refractivity contribution in [3.63, 3.8) is 0 Å². The van der Waals surface area contributed by atoms with E-state index in [1.165, 1.54) is 0 Å². The Morgan fingerprint density at radius 1 is 0.690 bits per heavy atom. The van der Waals surface area contributed by atoms with Crippen LogP contribution in [0.2, 0.25) is 0 Å². The number of aromatic nitrogens is 2. The highest BCUT2D eigenvalue weighted by atomic mass is 35.5. The second-order valence-electron chi connectivity index (χ2n) is 6.78. The zero-order valence-electron chi connectivity index (χ0n) is 15.3. The van der Waals surface area contributed by atoms with Crippen LogP contribution in [0.3, 0.4) is 0 Å². The van der Waals surface area contributed by atoms with E-state index in [9.17, 15) is 4.79 Å². The highest BCUT2D eigenvalue weighted by Gasteiger charge is 2.16. The average Bonchev–Trinajstić information content (AvgIpc) is 2.79. The van der Waals surface area contributed by atoms with E-state index < -0.39 is 5.24 Å². The molecule has 0 aliphatic rings. The molecule has 2 aromatic heterocycles. The van der Waals surface area contributed by atoms with E-state index in [4.69, 9.17) is 11.6 Å². The van der Waals surface area contributed by atoms with Crippen LogP contribution in [0.5, 0.6) is 0 Å². The van der Waals surface area contributed by atoms with Crippen LogP contribution in [-0.4, -0.2) is 15.2 Å². The van der Waals surface area contributed by atoms with E-state index in [-0.39, 0.29) is 5.69 Å². The lowest BCUT2D eigenvalue weighted by molar-refractivity contribution is 0.107. The van der Waals surface area contributed by atoms with E-state index >= 15 is 0 Å². The molecule has 29 heavy (non-hydrogen) atoms. The maximum Gasteiger partial charge on any atom is 0.270 e. The van der Waals surface area contributed by atoms with Gasteiger partial charge in [0.2, 0.25) is 0 Å². The first-order valence-electron chi connectivity index (χ1n) is 9.25. The van der Waals surface area contributed by atoms with Crippen molar-refractivity contribution in [2.24, 2.45) is 0 Å². The molecule has 0 atom stereocenters. The van der Waals surface area contributed by atoms with Crippen molar-refractivity contribution in [2.75, 3.05) is 0 Å². The molecule has 0 bridgehead atoms. The van der Waals surface area contributed by atoms with Crippen LogP contribution in [-0.2, 0) is 0 Å². The largest absolute Gasteiger partial charge is 0.274 e. The van der Waals surface area contributed by atoms with Gasteiger partial charge < -0.3 is 0 Å². The molecule has 0 aliphatic heterocycles. The number of hydrogen-bond donors (Lipinski definition) is 0. The fraction of sp³-hybridized carbons (Fsp3) is 0. The second kappa shape index (κ2) is 7.12. The van der Waals surface area contributed by atoms with Crippen molar-refractivity contribution in [3.05, 3.63) is 96.8 Å². The van der Waals surface area contributed by atoms with Gasteiger partial charge >= 0.3 is 0 Å². The third-order valence-corrected chi connectivity index (χ3v) is 5.25. The molecule has 2 heterocycles. The fourth-order valence-electron chi connectivity index (χ4n) is 3.73. The Morgan fingerprint density at radius 2 is 1.28 bits per heavy atom. The standard InChI is InChI=1S/C25H15ClN2O/c26-25(29)22-15-21(17-9-5-2-6-10-17)20-12-11-19-18(16-7-3-1-4-8-16)13-14-27-23(19)24(20)28-22/h1-15H. The molecule has 0 fully saturated rings. The number of fused-ring (bicyclic) bond motifs is 3. The lowest BCUT2D eigenvalue weighted by atomic mass is 9.96. The van der Waals surface area contributed by atoms with Crippen LogP contribution >= 0.6 is 11.6 Å². The fourth-order valence-corrected chi connectivity index (χ4v) is 3.82. The van der Waals surface area contributed by atoms with Gasteiger partial charge in [0.05, 0.1) is 11.0 Å². The van der Waals surface area contributed by atoms with Crippen molar-refractivity contribution in [2.45, 2.75) is 0 Å². The summed E-state index contributed by atoms with van der Waals surface area (Å²) in [5, 5.41) is 1.33. The van der Waals surface area contributed by atoms with E-state index in [0.29, 0.717) is 5.52 Å². The van der Waals surface area contributed by atoms with Gasteiger partial charge in [-0.3, -0.25) is 9.78 Å². The summed E-state index contributed by atoms with van der Waals surface area (Å²) >= 11 is 5.82. The maximum atomic E-state index is 12.0. The zero-order chi connectivity index (χ0) is 19.8. The molecule has 0 saturated carbocycles. The Hall–Kier alpha value is -3.56. The van der Waals surface area contributed by atoms with Gasteiger partial charge in [-0.25, -0.2) is 4.98 Å². The number of halogens is 1. The highest BCUT2D eigenvalue weighted by molar-refractivity contribution is 6.67. The van der Waals surface area contributed by atoms with Crippen molar-refractivity contribution >= 4 is 38.6 Å². The van der Waals surface area contributed by atoms with Gasteiger partial charge in [-0.1, -0.05) is 72.8 Å². The molecule has 0 radical (unpaired) electrons. The normalized spacial score (nSPS) is 11.1. The van der Waals surface area contributed by atoms with Gasteiger partial charge in [0, 0.05) is 17.0 Å². The van der Waals surface area contributed by atoms with Gasteiger partial charge in [-0.2, -0.15) is 0 Å². The number of rotatable bonds is 3. The minimum absolute atomic E-state index is 0.220. The third kappa shape index (κ3) is 3.06. The lowest BCUT2D eigenvalue weighted by Crippen LogP contribution is -1.98. The van der Waals surface area contributed by atoms with Crippen molar-refractivity contribution in [1.82, 2.24) is 9.97 Å². The summed E-state index contributed by atoms with van der Waals surface area (Å²) in [6, 6.07) is 27.9. The molecule has 3 nitrogen and oxygen atoms in total. The molecule has 0 spiro atoms. The first kappa shape index (κ1) is 17.5. The van der Waals surface area contributed by atoms with E-state index in [0.717, 1.165) is 38.5 Å². The summed E-state index contributed by atoms with van der Waals surface area (Å²) in [5.74, 6) is 0. The van der Waals surface area contributed by atoms with E-state index in [2.05, 4.69) is 28.2 Å². The second-order valence-corrected chi connectivity index (χ2v) is 7.12. The monoisotopic (exact) mass is 394 g/mol. The number of hydrogen-bond acceptors (Lipinski definition) is 3. The van der Waals surface area contributed by atoms with E-state index in [1.54, 1.807) is 12.3 Å². The van der Waals surface area contributed by atoms with Crippen LogP contribution in [0.15, 0.2) is 91.1 Å². The number of benzene rings is 3. The summed E-state index contributed by atoms with van der Waals surface area (Å²) in [6.07, 6.45) is 1.78. The molecule has 5 rings (SSSR count). The summed E-state index contributed by atoms with van der Waals surface area (Å²) < 4.78 is 0. The molecular formula is C25H15ClN2O. The smallest absolute Gasteiger partial charge is 0.270 e. The van der Waals surface area contributed by atoms with Crippen LogP contribution in [0.1, 0.15) is 10.5 Å². The number of carbonyl (C=O) groups excluding carboxylic acids is 1. The summed E-state index contributed by atoms with van der Waals surface area (Å²) in [5.41, 5.74) is 5.73. The van der Waals surface area contributed by atoms with Gasteiger partial charge in [-0.05, 0) is 46.0 Å². The van der Waals surface area contributed by atoms with Gasteiger partial charge in [0.15, 0.2) is 0 Å². The average molecular weight is 395 g/mol. The number of nitrogens with zero attached hydrogens (tertiary/aromatic N) is 2. The first-order valence-corrected chi connectivity index (χ1v) is 9.63. The topological polar surface area (TPSA) is 42.9 Å². The minimum Gasteiger partial charge on any atom is -0.274 e. The third-order valence-electron chi connectivity index (χ3n) is 5.06. The molecule has 3 aromatic carbocycles. The predicted octanol–water partition coefficient (Wildman–Crippen LogP) is 6.50. The van der Waals surface area contributed by atoms with Crippen molar-refractivity contribution in [3.8, 4) is 22.3 Å². The van der Waals surface area contributed by atoms with Crippen LogP contribution in [0, 0.1) is 0 Å². The number of pyridine rings is 2. The Balaban J connectivity index is 1.88. The molecule has 0 unspecified atom stereocenters. The Kier molecular flexibility index (Phi) is 4.30. The van der Waals surface area contributed by atoms with Gasteiger partial charge in [0.1, 0.15) is 5.69 Å².